The van der Waals surface area contributed by atoms with Crippen LogP contribution in [0, 0.1) is 11.5 Å². The molecule has 0 saturated carbocycles. The van der Waals surface area contributed by atoms with Gasteiger partial charge in [0.25, 0.3) is 6.43 Å². The number of thiazole rings is 1. The van der Waals surface area contributed by atoms with Crippen molar-refractivity contribution < 1.29 is 8.78 Å². The molecule has 0 bridgehead atoms. The minimum Gasteiger partial charge on any atom is -0.370 e. The summed E-state index contributed by atoms with van der Waals surface area (Å²) in [5.74, 6) is 1.54. The first kappa shape index (κ1) is 19.9. The van der Waals surface area contributed by atoms with Crippen LogP contribution in [0.2, 0.25) is 0 Å². The molecule has 12 heteroatoms. The van der Waals surface area contributed by atoms with Crippen molar-refractivity contribution in [1.82, 2.24) is 9.88 Å². The number of nitrogens with zero attached hydrogens (tertiary/aromatic N) is 5. The van der Waals surface area contributed by atoms with Crippen LogP contribution >= 0.6 is 23.1 Å². The average Bonchev–Trinajstić information content (AvgIpc) is 2.97. The van der Waals surface area contributed by atoms with Gasteiger partial charge >= 0.3 is 0 Å². The van der Waals surface area contributed by atoms with E-state index in [1.807, 2.05) is 5.38 Å². The minimum atomic E-state index is -2.53. The molecule has 1 heterocycles. The number of aromatic nitrogens is 1. The summed E-state index contributed by atoms with van der Waals surface area (Å²) in [5.41, 5.74) is 11.9. The Morgan fingerprint density at radius 1 is 1.58 bits per heavy atom. The molecule has 1 rings (SSSR count). The number of nitriles is 1. The lowest BCUT2D eigenvalue weighted by atomic mass is 10.6. The van der Waals surface area contributed by atoms with E-state index >= 15 is 0 Å². The molecule has 0 atom stereocenters. The van der Waals surface area contributed by atoms with Crippen LogP contribution in [-0.4, -0.2) is 54.1 Å². The van der Waals surface area contributed by atoms with E-state index in [0.717, 1.165) is 11.4 Å². The topological polar surface area (TPSA) is 129 Å². The van der Waals surface area contributed by atoms with Crippen molar-refractivity contribution in [3.8, 4) is 6.19 Å². The second-order valence-corrected chi connectivity index (χ2v) is 6.39. The number of guanidine groups is 2. The summed E-state index contributed by atoms with van der Waals surface area (Å²) in [6.07, 6.45) is -0.893. The Hall–Kier alpha value is -2.13. The highest BCUT2D eigenvalue weighted by atomic mass is 32.2. The van der Waals surface area contributed by atoms with Gasteiger partial charge in [0.05, 0.1) is 5.69 Å². The molecular formula is C12H18F2N8S2. The zero-order valence-corrected chi connectivity index (χ0v) is 14.6. The summed E-state index contributed by atoms with van der Waals surface area (Å²) in [7, 11) is 1.75. The van der Waals surface area contributed by atoms with E-state index in [9.17, 15) is 8.78 Å². The van der Waals surface area contributed by atoms with Crippen LogP contribution in [0.4, 0.5) is 13.9 Å². The van der Waals surface area contributed by atoms with Gasteiger partial charge in [-0.1, -0.05) is 0 Å². The SMILES string of the molecule is CN(CCSCc1csc(NC(N)=NCC(F)F)n1)C(N)=NC#N. The molecule has 0 aliphatic rings. The van der Waals surface area contributed by atoms with Gasteiger partial charge in [0.2, 0.25) is 12.2 Å². The number of nitrogens with two attached hydrogens (primary N) is 2. The highest BCUT2D eigenvalue weighted by Crippen LogP contribution is 2.19. The minimum absolute atomic E-state index is 0.0854. The van der Waals surface area contributed by atoms with Crippen molar-refractivity contribution in [2.24, 2.45) is 21.5 Å². The zero-order chi connectivity index (χ0) is 17.9. The Labute approximate surface area is 146 Å². The van der Waals surface area contributed by atoms with E-state index in [1.54, 1.807) is 29.9 Å². The number of thioether (sulfide) groups is 1. The van der Waals surface area contributed by atoms with Crippen LogP contribution in [0.25, 0.3) is 0 Å². The first-order chi connectivity index (χ1) is 11.4. The van der Waals surface area contributed by atoms with Gasteiger partial charge in [0.1, 0.15) is 6.54 Å². The number of alkyl halides is 2. The highest BCUT2D eigenvalue weighted by molar-refractivity contribution is 7.98. The normalized spacial score (nSPS) is 12.3. The molecule has 0 amide bonds. The van der Waals surface area contributed by atoms with Gasteiger partial charge in [-0.05, 0) is 0 Å². The fourth-order valence-electron chi connectivity index (χ4n) is 1.38. The molecule has 1 aromatic rings. The van der Waals surface area contributed by atoms with Gasteiger partial charge in [0.15, 0.2) is 11.1 Å². The van der Waals surface area contributed by atoms with Gasteiger partial charge < -0.3 is 21.7 Å². The highest BCUT2D eigenvalue weighted by Gasteiger charge is 2.06. The average molecular weight is 376 g/mol. The van der Waals surface area contributed by atoms with E-state index in [-0.39, 0.29) is 11.9 Å². The standard InChI is InChI=1S/C12H18F2N8S2/c1-22(11(17)19-7-15)2-3-23-5-8-6-24-12(20-8)21-10(16)18-4-9(13)14/h6,9H,2-5H2,1H3,(H2,17,19)(H3,16,18,20,21). The van der Waals surface area contributed by atoms with Crippen LogP contribution in [0.3, 0.4) is 0 Å². The molecule has 132 valence electrons. The van der Waals surface area contributed by atoms with Gasteiger partial charge in [-0.2, -0.15) is 17.0 Å². The number of anilines is 1. The molecule has 0 saturated heterocycles. The molecule has 0 spiro atoms. The Balaban J connectivity index is 2.33. The molecule has 0 aliphatic heterocycles. The quantitative estimate of drug-likeness (QED) is 0.268. The molecule has 5 N–H and O–H groups in total. The van der Waals surface area contributed by atoms with E-state index in [1.165, 1.54) is 11.3 Å². The van der Waals surface area contributed by atoms with Crippen molar-refractivity contribution in [3.63, 3.8) is 0 Å². The van der Waals surface area contributed by atoms with Gasteiger partial charge in [-0.3, -0.25) is 0 Å². The first-order valence-corrected chi connectivity index (χ1v) is 8.76. The maximum absolute atomic E-state index is 12.0. The molecule has 0 unspecified atom stereocenters. The van der Waals surface area contributed by atoms with E-state index < -0.39 is 13.0 Å². The number of hydrogen-bond donors (Lipinski definition) is 3. The van der Waals surface area contributed by atoms with Crippen LogP contribution in [0.1, 0.15) is 5.69 Å². The lowest BCUT2D eigenvalue weighted by Crippen LogP contribution is -2.35. The summed E-state index contributed by atoms with van der Waals surface area (Å²) < 4.78 is 24.0. The molecule has 0 aromatic carbocycles. The summed E-state index contributed by atoms with van der Waals surface area (Å²) in [4.78, 5) is 12.9. The van der Waals surface area contributed by atoms with Crippen LogP contribution in [0.15, 0.2) is 15.4 Å². The van der Waals surface area contributed by atoms with Crippen molar-refractivity contribution in [2.75, 3.05) is 31.2 Å². The molecule has 8 nitrogen and oxygen atoms in total. The molecule has 1 aromatic heterocycles. The van der Waals surface area contributed by atoms with Crippen molar-refractivity contribution in [1.29, 1.82) is 5.26 Å². The second kappa shape index (κ2) is 10.6. The number of nitrogens with one attached hydrogen (secondary N) is 1. The van der Waals surface area contributed by atoms with Crippen LogP contribution < -0.4 is 16.8 Å². The molecule has 0 fully saturated rings. The second-order valence-electron chi connectivity index (χ2n) is 4.43. The lowest BCUT2D eigenvalue weighted by molar-refractivity contribution is 0.158. The smallest absolute Gasteiger partial charge is 0.257 e. The molecule has 0 aliphatic carbocycles. The third-order valence-corrected chi connectivity index (χ3v) is 4.34. The van der Waals surface area contributed by atoms with Gasteiger partial charge in [0, 0.05) is 30.5 Å². The largest absolute Gasteiger partial charge is 0.370 e. The number of hydrogen-bond acceptors (Lipinski definition) is 6. The first-order valence-electron chi connectivity index (χ1n) is 6.73. The van der Waals surface area contributed by atoms with Gasteiger partial charge in [-0.25, -0.2) is 18.8 Å². The Morgan fingerprint density at radius 3 is 3.00 bits per heavy atom. The number of halogens is 2. The summed E-state index contributed by atoms with van der Waals surface area (Å²) in [6, 6.07) is 0. The van der Waals surface area contributed by atoms with Crippen molar-refractivity contribution in [3.05, 3.63) is 11.1 Å². The van der Waals surface area contributed by atoms with E-state index in [2.05, 4.69) is 20.3 Å². The third-order valence-electron chi connectivity index (χ3n) is 2.56. The Bertz CT molecular complexity index is 610. The fraction of sp³-hybridized carbons (Fsp3) is 0.500. The monoisotopic (exact) mass is 376 g/mol. The Kier molecular flexibility index (Phi) is 8.80. The van der Waals surface area contributed by atoms with E-state index in [4.69, 9.17) is 16.7 Å². The van der Waals surface area contributed by atoms with Crippen LogP contribution in [0.5, 0.6) is 0 Å². The Morgan fingerprint density at radius 2 is 2.33 bits per heavy atom. The molecule has 0 radical (unpaired) electrons. The fourth-order valence-corrected chi connectivity index (χ4v) is 3.10. The summed E-state index contributed by atoms with van der Waals surface area (Å²) >= 11 is 2.96. The van der Waals surface area contributed by atoms with Crippen LogP contribution in [-0.2, 0) is 5.75 Å². The summed E-state index contributed by atoms with van der Waals surface area (Å²) in [6.45, 7) is 0.00281. The van der Waals surface area contributed by atoms with Gasteiger partial charge in [-0.15, -0.1) is 16.3 Å². The summed E-state index contributed by atoms with van der Waals surface area (Å²) in [5, 5.41) is 13.4. The van der Waals surface area contributed by atoms with E-state index in [0.29, 0.717) is 17.4 Å². The van der Waals surface area contributed by atoms with Crippen molar-refractivity contribution in [2.45, 2.75) is 12.2 Å². The predicted molar refractivity (Wildman–Crippen MR) is 94.3 cm³/mol. The molecule has 24 heavy (non-hydrogen) atoms. The predicted octanol–water partition coefficient (Wildman–Crippen LogP) is 1.10. The number of aliphatic imine (C=N–C) groups is 2. The lowest BCUT2D eigenvalue weighted by Gasteiger charge is -2.15. The molecular weight excluding hydrogens is 358 g/mol. The van der Waals surface area contributed by atoms with Crippen molar-refractivity contribution >= 4 is 40.1 Å². The third kappa shape index (κ3) is 7.93. The maximum atomic E-state index is 12.0. The zero-order valence-electron chi connectivity index (χ0n) is 12.9. The number of rotatable bonds is 8. The maximum Gasteiger partial charge on any atom is 0.257 e.